The summed E-state index contributed by atoms with van der Waals surface area (Å²) in [7, 11) is 0. The van der Waals surface area contributed by atoms with Crippen molar-refractivity contribution in [3.05, 3.63) is 24.0 Å². The van der Waals surface area contributed by atoms with Crippen molar-refractivity contribution in [3.8, 4) is 0 Å². The van der Waals surface area contributed by atoms with Gasteiger partial charge in [0.25, 0.3) is 0 Å². The average molecular weight is 194 g/mol. The van der Waals surface area contributed by atoms with E-state index in [9.17, 15) is 4.79 Å². The van der Waals surface area contributed by atoms with Crippen LogP contribution >= 0.6 is 11.8 Å². The molecule has 0 spiro atoms. The highest BCUT2D eigenvalue weighted by Crippen LogP contribution is 2.21. The van der Waals surface area contributed by atoms with Gasteiger partial charge in [0.05, 0.1) is 17.8 Å². The first kappa shape index (κ1) is 8.56. The molecule has 13 heavy (non-hydrogen) atoms. The van der Waals surface area contributed by atoms with Crippen LogP contribution in [0, 0.1) is 0 Å². The number of nitrogens with zero attached hydrogens (tertiary/aromatic N) is 2. The molecule has 3 nitrogen and oxygen atoms in total. The minimum atomic E-state index is 0.648. The van der Waals surface area contributed by atoms with E-state index in [1.807, 2.05) is 17.8 Å². The van der Waals surface area contributed by atoms with Crippen LogP contribution in [0.5, 0.6) is 0 Å². The summed E-state index contributed by atoms with van der Waals surface area (Å²) in [6.45, 7) is 1.05. The van der Waals surface area contributed by atoms with E-state index in [-0.39, 0.29) is 0 Å². The maximum atomic E-state index is 10.5. The second-order valence-electron chi connectivity index (χ2n) is 2.90. The highest BCUT2D eigenvalue weighted by Gasteiger charge is 2.12. The van der Waals surface area contributed by atoms with E-state index in [1.54, 1.807) is 12.4 Å². The molecule has 1 aliphatic rings. The third-order valence-electron chi connectivity index (χ3n) is 2.00. The molecule has 1 saturated heterocycles. The van der Waals surface area contributed by atoms with Gasteiger partial charge in [-0.3, -0.25) is 9.78 Å². The highest BCUT2D eigenvalue weighted by molar-refractivity contribution is 7.99. The van der Waals surface area contributed by atoms with E-state index in [2.05, 4.69) is 9.88 Å². The molecular weight excluding hydrogens is 184 g/mol. The molecule has 0 amide bonds. The molecule has 4 heteroatoms. The lowest BCUT2D eigenvalue weighted by atomic mass is 10.3. The van der Waals surface area contributed by atoms with Crippen LogP contribution in [0.4, 0.5) is 5.69 Å². The highest BCUT2D eigenvalue weighted by atomic mass is 32.2. The summed E-state index contributed by atoms with van der Waals surface area (Å²) < 4.78 is 0. The zero-order valence-electron chi connectivity index (χ0n) is 7.14. The van der Waals surface area contributed by atoms with E-state index in [0.717, 1.165) is 30.1 Å². The molecule has 1 aromatic rings. The van der Waals surface area contributed by atoms with E-state index < -0.39 is 0 Å². The maximum Gasteiger partial charge on any atom is 0.151 e. The van der Waals surface area contributed by atoms with Crippen LogP contribution in [0.2, 0.25) is 0 Å². The number of pyridine rings is 1. The number of rotatable bonds is 2. The lowest BCUT2D eigenvalue weighted by Gasteiger charge is -2.15. The second-order valence-corrected chi connectivity index (χ2v) is 3.97. The first-order valence-corrected chi connectivity index (χ1v) is 5.28. The Labute approximate surface area is 81.1 Å². The number of aldehydes is 1. The molecule has 68 valence electrons. The van der Waals surface area contributed by atoms with E-state index in [0.29, 0.717) is 5.56 Å². The fourth-order valence-corrected chi connectivity index (χ4v) is 2.28. The number of thioether (sulfide) groups is 1. The molecule has 1 fully saturated rings. The van der Waals surface area contributed by atoms with Crippen molar-refractivity contribution < 1.29 is 4.79 Å². The van der Waals surface area contributed by atoms with Gasteiger partial charge in [0.15, 0.2) is 6.29 Å². The Balaban J connectivity index is 2.23. The summed E-state index contributed by atoms with van der Waals surface area (Å²) in [6, 6.07) is 1.88. The number of aromatic nitrogens is 1. The largest absolute Gasteiger partial charge is 0.360 e. The number of anilines is 1. The van der Waals surface area contributed by atoms with Gasteiger partial charge in [-0.15, -0.1) is 11.8 Å². The Hall–Kier alpha value is -1.03. The Morgan fingerprint density at radius 1 is 1.54 bits per heavy atom. The lowest BCUT2D eigenvalue weighted by molar-refractivity contribution is 0.112. The first-order valence-electron chi connectivity index (χ1n) is 4.13. The molecule has 0 bridgehead atoms. The molecule has 2 heterocycles. The van der Waals surface area contributed by atoms with Crippen molar-refractivity contribution in [2.45, 2.75) is 0 Å². The molecule has 0 aliphatic carbocycles. The molecule has 1 aliphatic heterocycles. The number of carbonyl (C=O) groups is 1. The van der Waals surface area contributed by atoms with Crippen molar-refractivity contribution in [2.75, 3.05) is 23.1 Å². The van der Waals surface area contributed by atoms with E-state index >= 15 is 0 Å². The van der Waals surface area contributed by atoms with Gasteiger partial charge in [-0.25, -0.2) is 0 Å². The minimum Gasteiger partial charge on any atom is -0.360 e. The monoisotopic (exact) mass is 194 g/mol. The van der Waals surface area contributed by atoms with Gasteiger partial charge in [-0.2, -0.15) is 0 Å². The summed E-state index contributed by atoms with van der Waals surface area (Å²) in [6.07, 6.45) is 4.22. The normalized spacial score (nSPS) is 16.2. The zero-order chi connectivity index (χ0) is 9.10. The topological polar surface area (TPSA) is 33.2 Å². The summed E-state index contributed by atoms with van der Waals surface area (Å²) in [5, 5.41) is 0. The van der Waals surface area contributed by atoms with E-state index in [1.165, 1.54) is 0 Å². The third-order valence-corrected chi connectivity index (χ3v) is 2.96. The van der Waals surface area contributed by atoms with Crippen molar-refractivity contribution in [1.82, 2.24) is 4.98 Å². The molecule has 0 aromatic carbocycles. The maximum absolute atomic E-state index is 10.5. The van der Waals surface area contributed by atoms with Crippen LogP contribution in [-0.4, -0.2) is 29.4 Å². The van der Waals surface area contributed by atoms with Gasteiger partial charge >= 0.3 is 0 Å². The lowest BCUT2D eigenvalue weighted by Crippen LogP contribution is -2.18. The van der Waals surface area contributed by atoms with Crippen LogP contribution in [0.3, 0.4) is 0 Å². The van der Waals surface area contributed by atoms with Crippen molar-refractivity contribution >= 4 is 23.7 Å². The second kappa shape index (κ2) is 3.79. The van der Waals surface area contributed by atoms with Gasteiger partial charge in [0.2, 0.25) is 0 Å². The number of hydrogen-bond acceptors (Lipinski definition) is 4. The van der Waals surface area contributed by atoms with Crippen LogP contribution in [0.1, 0.15) is 10.4 Å². The molecule has 1 aromatic heterocycles. The molecule has 0 radical (unpaired) electrons. The smallest absolute Gasteiger partial charge is 0.151 e. The standard InChI is InChI=1S/C9H10N2OS/c12-6-8-3-9(5-10-4-8)11-1-2-13-7-11/h3-6H,1-2,7H2. The fraction of sp³-hybridized carbons (Fsp3) is 0.333. The molecule has 0 unspecified atom stereocenters. The Bertz CT molecular complexity index is 310. The predicted molar refractivity (Wildman–Crippen MR) is 54.3 cm³/mol. The molecule has 0 saturated carbocycles. The Morgan fingerprint density at radius 2 is 2.46 bits per heavy atom. The van der Waals surface area contributed by atoms with Crippen LogP contribution in [0.15, 0.2) is 18.5 Å². The fourth-order valence-electron chi connectivity index (χ4n) is 1.30. The van der Waals surface area contributed by atoms with Crippen molar-refractivity contribution in [1.29, 1.82) is 0 Å². The molecular formula is C9H10N2OS. The van der Waals surface area contributed by atoms with Gasteiger partial charge < -0.3 is 4.90 Å². The van der Waals surface area contributed by atoms with Crippen molar-refractivity contribution in [2.24, 2.45) is 0 Å². The van der Waals surface area contributed by atoms with Gasteiger partial charge in [-0.05, 0) is 6.07 Å². The zero-order valence-corrected chi connectivity index (χ0v) is 7.96. The first-order chi connectivity index (χ1) is 6.40. The Morgan fingerprint density at radius 3 is 3.15 bits per heavy atom. The van der Waals surface area contributed by atoms with Crippen molar-refractivity contribution in [3.63, 3.8) is 0 Å². The van der Waals surface area contributed by atoms with Gasteiger partial charge in [0.1, 0.15) is 0 Å². The van der Waals surface area contributed by atoms with Gasteiger partial charge in [-0.1, -0.05) is 0 Å². The summed E-state index contributed by atoms with van der Waals surface area (Å²) in [5.74, 6) is 2.16. The SMILES string of the molecule is O=Cc1cncc(N2CCSC2)c1. The average Bonchev–Trinajstić information content (AvgIpc) is 2.71. The summed E-state index contributed by atoms with van der Waals surface area (Å²) in [5.41, 5.74) is 1.70. The number of carbonyl (C=O) groups excluding carboxylic acids is 1. The van der Waals surface area contributed by atoms with Crippen LogP contribution in [0.25, 0.3) is 0 Å². The Kier molecular flexibility index (Phi) is 2.49. The summed E-state index contributed by atoms with van der Waals surface area (Å²) >= 11 is 1.90. The number of hydrogen-bond donors (Lipinski definition) is 0. The van der Waals surface area contributed by atoms with Crippen LogP contribution in [-0.2, 0) is 0 Å². The van der Waals surface area contributed by atoms with E-state index in [4.69, 9.17) is 0 Å². The molecule has 2 rings (SSSR count). The predicted octanol–water partition coefficient (Wildman–Crippen LogP) is 1.40. The van der Waals surface area contributed by atoms with Crippen LogP contribution < -0.4 is 4.90 Å². The minimum absolute atomic E-state index is 0.648. The van der Waals surface area contributed by atoms with Gasteiger partial charge in [0, 0.05) is 24.1 Å². The quantitative estimate of drug-likeness (QED) is 0.666. The third kappa shape index (κ3) is 1.83. The molecule has 0 N–H and O–H groups in total. The molecule has 0 atom stereocenters. The summed E-state index contributed by atoms with van der Waals surface area (Å²) in [4.78, 5) is 16.8.